The number of carboxylic acid groups (broad SMARTS) is 1. The molecule has 2 unspecified atom stereocenters. The van der Waals surface area contributed by atoms with E-state index in [1.54, 1.807) is 6.92 Å². The Bertz CT molecular complexity index is 360. The monoisotopic (exact) mass is 253 g/mol. The van der Waals surface area contributed by atoms with E-state index in [1.807, 2.05) is 0 Å². The summed E-state index contributed by atoms with van der Waals surface area (Å²) in [5.41, 5.74) is -1.03. The number of hydrogen-bond donors (Lipinski definition) is 2. The molecular weight excluding hydrogens is 234 g/mol. The van der Waals surface area contributed by atoms with Crippen LogP contribution in [0, 0.1) is 17.8 Å². The zero-order valence-electron chi connectivity index (χ0n) is 10.6. The summed E-state index contributed by atoms with van der Waals surface area (Å²) in [5.74, 6) is 1.42. The Hall–Kier alpha value is -1.54. The molecule has 1 fully saturated rings. The molecule has 0 aromatic rings. The molecule has 0 aliphatic carbocycles. The predicted molar refractivity (Wildman–Crippen MR) is 65.8 cm³/mol. The third kappa shape index (κ3) is 3.47. The Morgan fingerprint density at radius 1 is 1.56 bits per heavy atom. The van der Waals surface area contributed by atoms with Gasteiger partial charge in [-0.15, -0.1) is 12.3 Å². The molecule has 1 aliphatic heterocycles. The SMILES string of the molecule is C#CCCCCC(=O)NC1COCC1(C)C(=O)O. The number of rotatable bonds is 6. The second kappa shape index (κ2) is 6.41. The molecule has 1 aliphatic rings. The largest absolute Gasteiger partial charge is 0.481 e. The first-order chi connectivity index (χ1) is 8.50. The van der Waals surface area contributed by atoms with E-state index in [2.05, 4.69) is 11.2 Å². The van der Waals surface area contributed by atoms with Crippen LogP contribution in [0.1, 0.15) is 32.6 Å². The molecule has 2 N–H and O–H groups in total. The van der Waals surface area contributed by atoms with Crippen LogP contribution in [0.5, 0.6) is 0 Å². The molecule has 5 nitrogen and oxygen atoms in total. The summed E-state index contributed by atoms with van der Waals surface area (Å²) in [7, 11) is 0. The number of ether oxygens (including phenoxy) is 1. The van der Waals surface area contributed by atoms with E-state index < -0.39 is 17.4 Å². The van der Waals surface area contributed by atoms with Gasteiger partial charge < -0.3 is 15.2 Å². The summed E-state index contributed by atoms with van der Waals surface area (Å²) in [6, 6.07) is -0.463. The summed E-state index contributed by atoms with van der Waals surface area (Å²) in [6.45, 7) is 1.97. The number of hydrogen-bond acceptors (Lipinski definition) is 3. The minimum atomic E-state index is -1.03. The highest BCUT2D eigenvalue weighted by atomic mass is 16.5. The minimum absolute atomic E-state index is 0.129. The summed E-state index contributed by atoms with van der Waals surface area (Å²) in [6.07, 6.45) is 7.66. The first-order valence-electron chi connectivity index (χ1n) is 6.04. The quantitative estimate of drug-likeness (QED) is 0.542. The molecule has 2 atom stereocenters. The van der Waals surface area contributed by atoms with Crippen LogP contribution in [0.15, 0.2) is 0 Å². The number of amides is 1. The summed E-state index contributed by atoms with van der Waals surface area (Å²) in [5, 5.41) is 11.9. The summed E-state index contributed by atoms with van der Waals surface area (Å²) < 4.78 is 5.16. The standard InChI is InChI=1S/C13H19NO4/c1-3-4-5-6-7-11(15)14-10-8-18-9-13(10,2)12(16)17/h1,10H,4-9H2,2H3,(H,14,15)(H,16,17). The highest BCUT2D eigenvalue weighted by molar-refractivity contribution is 5.80. The first kappa shape index (κ1) is 14.5. The molecule has 1 heterocycles. The van der Waals surface area contributed by atoms with Gasteiger partial charge in [-0.25, -0.2) is 0 Å². The topological polar surface area (TPSA) is 75.6 Å². The Balaban J connectivity index is 2.40. The zero-order valence-corrected chi connectivity index (χ0v) is 10.6. The lowest BCUT2D eigenvalue weighted by Crippen LogP contribution is -2.49. The van der Waals surface area contributed by atoms with Crippen molar-refractivity contribution < 1.29 is 19.4 Å². The molecular formula is C13H19NO4. The van der Waals surface area contributed by atoms with Gasteiger partial charge in [0.1, 0.15) is 5.41 Å². The van der Waals surface area contributed by atoms with Gasteiger partial charge in [-0.2, -0.15) is 0 Å². The smallest absolute Gasteiger partial charge is 0.313 e. The van der Waals surface area contributed by atoms with E-state index in [0.29, 0.717) is 19.3 Å². The maximum absolute atomic E-state index is 11.7. The highest BCUT2D eigenvalue weighted by Gasteiger charge is 2.47. The van der Waals surface area contributed by atoms with Crippen LogP contribution in [-0.4, -0.2) is 36.2 Å². The Labute approximate surface area is 107 Å². The molecule has 0 bridgehead atoms. The van der Waals surface area contributed by atoms with Gasteiger partial charge in [0.2, 0.25) is 5.91 Å². The maximum atomic E-state index is 11.7. The fourth-order valence-electron chi connectivity index (χ4n) is 1.86. The fraction of sp³-hybridized carbons (Fsp3) is 0.692. The van der Waals surface area contributed by atoms with Crippen LogP contribution in [0.25, 0.3) is 0 Å². The molecule has 100 valence electrons. The third-order valence-corrected chi connectivity index (χ3v) is 3.25. The number of carboxylic acids is 1. The third-order valence-electron chi connectivity index (χ3n) is 3.25. The van der Waals surface area contributed by atoms with Crippen LogP contribution in [0.4, 0.5) is 0 Å². The molecule has 1 saturated heterocycles. The number of unbranched alkanes of at least 4 members (excludes halogenated alkanes) is 2. The second-order valence-electron chi connectivity index (χ2n) is 4.77. The molecule has 18 heavy (non-hydrogen) atoms. The summed E-state index contributed by atoms with van der Waals surface area (Å²) >= 11 is 0. The maximum Gasteiger partial charge on any atom is 0.313 e. The Morgan fingerprint density at radius 2 is 2.28 bits per heavy atom. The zero-order chi connectivity index (χ0) is 13.6. The number of carbonyl (C=O) groups is 2. The van der Waals surface area contributed by atoms with Gasteiger partial charge in [-0.1, -0.05) is 0 Å². The van der Waals surface area contributed by atoms with E-state index in [9.17, 15) is 9.59 Å². The molecule has 0 spiro atoms. The van der Waals surface area contributed by atoms with Crippen LogP contribution < -0.4 is 5.32 Å². The van der Waals surface area contributed by atoms with Gasteiger partial charge in [-0.05, 0) is 19.8 Å². The number of carbonyl (C=O) groups excluding carboxylic acids is 1. The van der Waals surface area contributed by atoms with Crippen molar-refractivity contribution >= 4 is 11.9 Å². The number of terminal acetylenes is 1. The van der Waals surface area contributed by atoms with Crippen molar-refractivity contribution in [3.05, 3.63) is 0 Å². The molecule has 0 aromatic carbocycles. The Kier molecular flexibility index (Phi) is 5.17. The van der Waals surface area contributed by atoms with Crippen molar-refractivity contribution in [2.24, 2.45) is 5.41 Å². The van der Waals surface area contributed by atoms with Gasteiger partial charge >= 0.3 is 5.97 Å². The lowest BCUT2D eigenvalue weighted by atomic mass is 9.85. The molecule has 1 amide bonds. The van der Waals surface area contributed by atoms with Gasteiger partial charge in [0.15, 0.2) is 0 Å². The van der Waals surface area contributed by atoms with Crippen molar-refractivity contribution in [1.82, 2.24) is 5.32 Å². The summed E-state index contributed by atoms with van der Waals surface area (Å²) in [4.78, 5) is 22.8. The van der Waals surface area contributed by atoms with E-state index in [1.165, 1.54) is 0 Å². The molecule has 0 radical (unpaired) electrons. The van der Waals surface area contributed by atoms with E-state index in [-0.39, 0.29) is 19.1 Å². The average Bonchev–Trinajstić information content (AvgIpc) is 2.68. The molecule has 5 heteroatoms. The first-order valence-corrected chi connectivity index (χ1v) is 6.04. The van der Waals surface area contributed by atoms with Crippen molar-refractivity contribution in [3.63, 3.8) is 0 Å². The van der Waals surface area contributed by atoms with Crippen LogP contribution in [0.2, 0.25) is 0 Å². The molecule has 1 rings (SSSR count). The molecule has 0 saturated carbocycles. The number of nitrogens with one attached hydrogen (secondary N) is 1. The minimum Gasteiger partial charge on any atom is -0.481 e. The highest BCUT2D eigenvalue weighted by Crippen LogP contribution is 2.28. The van der Waals surface area contributed by atoms with Crippen molar-refractivity contribution in [2.75, 3.05) is 13.2 Å². The van der Waals surface area contributed by atoms with E-state index in [0.717, 1.165) is 6.42 Å². The lowest BCUT2D eigenvalue weighted by molar-refractivity contribution is -0.149. The fourth-order valence-corrected chi connectivity index (χ4v) is 1.86. The van der Waals surface area contributed by atoms with Gasteiger partial charge in [0.05, 0.1) is 19.3 Å². The van der Waals surface area contributed by atoms with Crippen LogP contribution in [-0.2, 0) is 14.3 Å². The van der Waals surface area contributed by atoms with Crippen molar-refractivity contribution in [2.45, 2.75) is 38.6 Å². The van der Waals surface area contributed by atoms with Gasteiger partial charge in [0.25, 0.3) is 0 Å². The van der Waals surface area contributed by atoms with Crippen LogP contribution in [0.3, 0.4) is 0 Å². The predicted octanol–water partition coefficient (Wildman–Crippen LogP) is 0.786. The molecule has 0 aromatic heterocycles. The number of aliphatic carboxylic acids is 1. The van der Waals surface area contributed by atoms with E-state index in [4.69, 9.17) is 16.3 Å². The normalized spacial score (nSPS) is 26.6. The van der Waals surface area contributed by atoms with Gasteiger partial charge in [0, 0.05) is 12.8 Å². The Morgan fingerprint density at radius 3 is 2.89 bits per heavy atom. The van der Waals surface area contributed by atoms with Gasteiger partial charge in [-0.3, -0.25) is 9.59 Å². The van der Waals surface area contributed by atoms with Crippen molar-refractivity contribution in [1.29, 1.82) is 0 Å². The van der Waals surface area contributed by atoms with Crippen LogP contribution >= 0.6 is 0 Å². The van der Waals surface area contributed by atoms with E-state index >= 15 is 0 Å². The lowest BCUT2D eigenvalue weighted by Gasteiger charge is -2.25. The van der Waals surface area contributed by atoms with Crippen molar-refractivity contribution in [3.8, 4) is 12.3 Å². The second-order valence-corrected chi connectivity index (χ2v) is 4.77. The average molecular weight is 253 g/mol.